The summed E-state index contributed by atoms with van der Waals surface area (Å²) in [6, 6.07) is 21.1. The van der Waals surface area contributed by atoms with Gasteiger partial charge in [-0.15, -0.1) is 0 Å². The van der Waals surface area contributed by atoms with Gasteiger partial charge in [-0.05, 0) is 29.7 Å². The van der Waals surface area contributed by atoms with E-state index in [9.17, 15) is 9.59 Å². The molecule has 0 N–H and O–H groups in total. The van der Waals surface area contributed by atoms with Crippen molar-refractivity contribution in [3.05, 3.63) is 88.2 Å². The minimum atomic E-state index is -0.450. The summed E-state index contributed by atoms with van der Waals surface area (Å²) in [5.41, 5.74) is 3.46. The summed E-state index contributed by atoms with van der Waals surface area (Å²) in [6.45, 7) is -0.0892. The van der Waals surface area contributed by atoms with Gasteiger partial charge in [0.05, 0.1) is 31.5 Å². The molecule has 0 saturated carbocycles. The average Bonchev–Trinajstić information content (AvgIpc) is 3.19. The van der Waals surface area contributed by atoms with Crippen LogP contribution in [0.25, 0.3) is 10.2 Å². The molecule has 0 fully saturated rings. The highest BCUT2D eigenvalue weighted by atomic mass is 32.1. The number of ether oxygens (including phenoxy) is 3. The monoisotopic (exact) mass is 476 g/mol. The molecule has 0 aliphatic heterocycles. The Balaban J connectivity index is 1.70. The van der Waals surface area contributed by atoms with Crippen LogP contribution in [0.2, 0.25) is 0 Å². The number of thiazole rings is 1. The van der Waals surface area contributed by atoms with E-state index in [2.05, 4.69) is 17.1 Å². The molecule has 34 heavy (non-hydrogen) atoms. The maximum Gasteiger partial charge on any atom is 0.325 e. The molecule has 0 saturated heterocycles. The number of nitrogens with zero attached hydrogens (tertiary/aromatic N) is 2. The first-order valence-electron chi connectivity index (χ1n) is 10.6. The van der Waals surface area contributed by atoms with Crippen molar-refractivity contribution in [1.82, 2.24) is 4.57 Å². The molecule has 0 spiro atoms. The number of aromatic nitrogens is 1. The van der Waals surface area contributed by atoms with Crippen molar-refractivity contribution in [1.29, 1.82) is 0 Å². The normalized spacial score (nSPS) is 11.4. The van der Waals surface area contributed by atoms with Crippen molar-refractivity contribution in [3.63, 3.8) is 0 Å². The Hall–Kier alpha value is -3.91. The van der Waals surface area contributed by atoms with Gasteiger partial charge in [-0.2, -0.15) is 4.99 Å². The molecule has 1 heterocycles. The van der Waals surface area contributed by atoms with Gasteiger partial charge in [-0.1, -0.05) is 53.8 Å². The first-order chi connectivity index (χ1) is 16.5. The second-order valence-corrected chi connectivity index (χ2v) is 8.51. The number of carbonyl (C=O) groups is 2. The number of hydrogen-bond acceptors (Lipinski definition) is 6. The van der Waals surface area contributed by atoms with E-state index < -0.39 is 11.9 Å². The summed E-state index contributed by atoms with van der Waals surface area (Å²) in [4.78, 5) is 29.8. The van der Waals surface area contributed by atoms with Gasteiger partial charge in [0, 0.05) is 17.7 Å². The van der Waals surface area contributed by atoms with E-state index in [-0.39, 0.29) is 6.54 Å². The Morgan fingerprint density at radius 3 is 2.18 bits per heavy atom. The fourth-order valence-electron chi connectivity index (χ4n) is 3.58. The molecule has 3 aromatic carbocycles. The van der Waals surface area contributed by atoms with Crippen LogP contribution < -0.4 is 14.3 Å². The van der Waals surface area contributed by atoms with Crippen LogP contribution in [-0.2, 0) is 22.5 Å². The Kier molecular flexibility index (Phi) is 7.08. The summed E-state index contributed by atoms with van der Waals surface area (Å²) in [5, 5.41) is 0. The molecule has 4 aromatic rings. The topological polar surface area (TPSA) is 79.1 Å². The first kappa shape index (κ1) is 23.3. The summed E-state index contributed by atoms with van der Waals surface area (Å²) in [5.74, 6) is 0.218. The first-order valence-corrected chi connectivity index (χ1v) is 11.4. The van der Waals surface area contributed by atoms with Crippen LogP contribution in [0.1, 0.15) is 21.5 Å². The third kappa shape index (κ3) is 5.02. The number of methoxy groups -OCH3 is 3. The van der Waals surface area contributed by atoms with E-state index in [1.165, 1.54) is 31.1 Å². The maximum atomic E-state index is 13.0. The van der Waals surface area contributed by atoms with Crippen LogP contribution in [0.5, 0.6) is 11.5 Å². The van der Waals surface area contributed by atoms with Crippen LogP contribution in [0.4, 0.5) is 0 Å². The van der Waals surface area contributed by atoms with Gasteiger partial charge in [-0.25, -0.2) is 0 Å². The molecule has 0 aliphatic carbocycles. The van der Waals surface area contributed by atoms with Crippen LogP contribution >= 0.6 is 11.3 Å². The van der Waals surface area contributed by atoms with Crippen molar-refractivity contribution in [2.24, 2.45) is 4.99 Å². The van der Waals surface area contributed by atoms with E-state index in [0.29, 0.717) is 27.4 Å². The van der Waals surface area contributed by atoms with E-state index in [1.54, 1.807) is 35.9 Å². The fourth-order valence-corrected chi connectivity index (χ4v) is 4.61. The number of hydrogen-bond donors (Lipinski definition) is 0. The third-order valence-electron chi connectivity index (χ3n) is 5.35. The summed E-state index contributed by atoms with van der Waals surface area (Å²) in [7, 11) is 4.41. The summed E-state index contributed by atoms with van der Waals surface area (Å²) >= 11 is 1.29. The van der Waals surface area contributed by atoms with Crippen LogP contribution in [-0.4, -0.2) is 37.8 Å². The van der Waals surface area contributed by atoms with Gasteiger partial charge in [0.1, 0.15) is 6.54 Å². The molecule has 0 aliphatic rings. The van der Waals surface area contributed by atoms with Crippen molar-refractivity contribution >= 4 is 33.4 Å². The van der Waals surface area contributed by atoms with Gasteiger partial charge in [0.15, 0.2) is 16.3 Å². The lowest BCUT2D eigenvalue weighted by atomic mass is 10.0. The van der Waals surface area contributed by atoms with E-state index >= 15 is 0 Å². The number of esters is 1. The zero-order chi connectivity index (χ0) is 24.1. The molecule has 174 valence electrons. The maximum absolute atomic E-state index is 13.0. The van der Waals surface area contributed by atoms with Crippen molar-refractivity contribution in [3.8, 4) is 11.5 Å². The molecule has 1 amide bonds. The second-order valence-electron chi connectivity index (χ2n) is 7.50. The largest absolute Gasteiger partial charge is 0.493 e. The van der Waals surface area contributed by atoms with Crippen molar-refractivity contribution in [2.75, 3.05) is 21.3 Å². The molecule has 1 aromatic heterocycles. The smallest absolute Gasteiger partial charge is 0.325 e. The summed E-state index contributed by atoms with van der Waals surface area (Å²) in [6.07, 6.45) is 0.783. The minimum absolute atomic E-state index is 0.0892. The predicted molar refractivity (Wildman–Crippen MR) is 131 cm³/mol. The number of amides is 1. The number of rotatable bonds is 7. The molecular formula is C26H24N2O5S. The van der Waals surface area contributed by atoms with E-state index in [4.69, 9.17) is 14.2 Å². The van der Waals surface area contributed by atoms with Gasteiger partial charge >= 0.3 is 5.97 Å². The van der Waals surface area contributed by atoms with Gasteiger partial charge in [0.25, 0.3) is 5.91 Å². The molecule has 0 unspecified atom stereocenters. The zero-order valence-corrected chi connectivity index (χ0v) is 19.9. The van der Waals surface area contributed by atoms with E-state index in [0.717, 1.165) is 16.7 Å². The van der Waals surface area contributed by atoms with Crippen molar-refractivity contribution < 1.29 is 23.8 Å². The lowest BCUT2D eigenvalue weighted by Crippen LogP contribution is -2.22. The molecular weight excluding hydrogens is 452 g/mol. The fraction of sp³-hybridized carbons (Fsp3) is 0.192. The molecule has 7 nitrogen and oxygen atoms in total. The highest BCUT2D eigenvalue weighted by Gasteiger charge is 2.16. The zero-order valence-electron chi connectivity index (χ0n) is 19.1. The standard InChI is InChI=1S/C26H24N2O5S/c1-31-21-14-20-23(15-22(21)32-2)34-26(28(20)16-24(29)33-3)27-25(30)19-11-9-18(10-12-19)13-17-7-5-4-6-8-17/h4-12,14-15H,13,16H2,1-3H3. The lowest BCUT2D eigenvalue weighted by Gasteiger charge is -2.09. The second kappa shape index (κ2) is 10.4. The Labute approximate surface area is 200 Å². The molecule has 8 heteroatoms. The Morgan fingerprint density at radius 1 is 0.882 bits per heavy atom. The van der Waals surface area contributed by atoms with Crippen LogP contribution in [0.15, 0.2) is 71.7 Å². The predicted octanol–water partition coefficient (Wildman–Crippen LogP) is 4.22. The highest BCUT2D eigenvalue weighted by molar-refractivity contribution is 7.16. The van der Waals surface area contributed by atoms with Crippen LogP contribution in [0.3, 0.4) is 0 Å². The number of benzene rings is 3. The molecule has 0 radical (unpaired) electrons. The number of carbonyl (C=O) groups excluding carboxylic acids is 2. The van der Waals surface area contributed by atoms with Gasteiger partial charge < -0.3 is 18.8 Å². The van der Waals surface area contributed by atoms with Gasteiger partial charge in [-0.3, -0.25) is 9.59 Å². The molecule has 0 bridgehead atoms. The van der Waals surface area contributed by atoms with E-state index in [1.807, 2.05) is 30.3 Å². The van der Waals surface area contributed by atoms with Crippen LogP contribution in [0, 0.1) is 0 Å². The minimum Gasteiger partial charge on any atom is -0.493 e. The SMILES string of the molecule is COC(=O)Cn1c(=NC(=O)c2ccc(Cc3ccccc3)cc2)sc2cc(OC)c(OC)cc21. The van der Waals surface area contributed by atoms with Crippen molar-refractivity contribution in [2.45, 2.75) is 13.0 Å². The molecule has 4 rings (SSSR count). The molecule has 0 atom stereocenters. The highest BCUT2D eigenvalue weighted by Crippen LogP contribution is 2.33. The lowest BCUT2D eigenvalue weighted by molar-refractivity contribution is -0.141. The quantitative estimate of drug-likeness (QED) is 0.373. The van der Waals surface area contributed by atoms with Gasteiger partial charge in [0.2, 0.25) is 0 Å². The Bertz CT molecular complexity index is 1390. The summed E-state index contributed by atoms with van der Waals surface area (Å²) < 4.78 is 18.1. The number of fused-ring (bicyclic) bond motifs is 1. The third-order valence-corrected chi connectivity index (χ3v) is 6.39. The average molecular weight is 477 g/mol. The Morgan fingerprint density at radius 2 is 1.53 bits per heavy atom.